The van der Waals surface area contributed by atoms with E-state index < -0.39 is 23.6 Å². The highest BCUT2D eigenvalue weighted by Gasteiger charge is 2.56. The van der Waals surface area contributed by atoms with Crippen molar-refractivity contribution in [2.24, 2.45) is 23.7 Å². The number of benzene rings is 3. The summed E-state index contributed by atoms with van der Waals surface area (Å²) >= 11 is 0. The molecule has 13 nitrogen and oxygen atoms in total. The molecule has 5 aromatic rings. The number of ether oxygens (including phenoxy) is 2. The van der Waals surface area contributed by atoms with Crippen LogP contribution in [0.15, 0.2) is 60.8 Å². The number of esters is 1. The molecule has 0 radical (unpaired) electrons. The standard InChI is InChI=1S/C45H53N7O6/c1-25(2)33(21-38(53)57-5)41(54)52-24-27-15-16-45(52,22-27)43-48-34-14-13-31(20-35(34)49-43)29-9-10-30-19-32(12-11-28(30)18-29)36-23-46-40(47-36)37-8-7-17-51(37)42(55)39(26(3)4)50-44(56)58-6/h9-14,18-20,23,25-27,33,37,39H,7-8,15-17,21-22,24H2,1-6H3,(H,46,47)(H,48,49)(H,50,56)/t27?,33-,37-,39+,45?/m0/s1. The van der Waals surface area contributed by atoms with Gasteiger partial charge < -0.3 is 34.6 Å². The van der Waals surface area contributed by atoms with Crippen LogP contribution in [0.2, 0.25) is 0 Å². The fourth-order valence-electron chi connectivity index (χ4n) is 9.52. The quantitative estimate of drug-likeness (QED) is 0.116. The molecule has 0 spiro atoms. The summed E-state index contributed by atoms with van der Waals surface area (Å²) < 4.78 is 9.72. The van der Waals surface area contributed by atoms with E-state index in [1.54, 1.807) is 0 Å². The minimum absolute atomic E-state index is 0.00219. The number of methoxy groups -OCH3 is 2. The Labute approximate surface area is 338 Å². The summed E-state index contributed by atoms with van der Waals surface area (Å²) in [7, 11) is 2.66. The number of fused-ring (bicyclic) bond motifs is 4. The predicted octanol–water partition coefficient (Wildman–Crippen LogP) is 7.49. The number of amides is 3. The van der Waals surface area contributed by atoms with E-state index in [1.165, 1.54) is 14.2 Å². The van der Waals surface area contributed by atoms with Crippen LogP contribution in [0.25, 0.3) is 44.2 Å². The molecule has 3 fully saturated rings. The van der Waals surface area contributed by atoms with Crippen LogP contribution >= 0.6 is 0 Å². The van der Waals surface area contributed by atoms with Crippen molar-refractivity contribution >= 4 is 45.7 Å². The van der Waals surface area contributed by atoms with Gasteiger partial charge in [0.25, 0.3) is 0 Å². The number of aromatic amines is 2. The van der Waals surface area contributed by atoms with E-state index in [1.807, 2.05) is 49.8 Å². The van der Waals surface area contributed by atoms with E-state index in [2.05, 4.69) is 63.8 Å². The minimum Gasteiger partial charge on any atom is -0.469 e. The number of hydrogen-bond donors (Lipinski definition) is 3. The van der Waals surface area contributed by atoms with Gasteiger partial charge in [0, 0.05) is 18.7 Å². The number of H-pyrrole nitrogens is 2. The third-order valence-corrected chi connectivity index (χ3v) is 12.8. The molecule has 4 heterocycles. The first-order valence-electron chi connectivity index (χ1n) is 20.5. The smallest absolute Gasteiger partial charge is 0.407 e. The van der Waals surface area contributed by atoms with Crippen molar-refractivity contribution in [3.63, 3.8) is 0 Å². The number of piperidine rings is 1. The number of nitrogens with one attached hydrogen (secondary N) is 3. The van der Waals surface area contributed by atoms with E-state index in [0.717, 1.165) is 87.9 Å². The Balaban J connectivity index is 1.01. The summed E-state index contributed by atoms with van der Waals surface area (Å²) in [4.78, 5) is 72.7. The Bertz CT molecular complexity index is 2380. The van der Waals surface area contributed by atoms with Gasteiger partial charge in [0.15, 0.2) is 0 Å². The number of nitrogens with zero attached hydrogens (tertiary/aromatic N) is 4. The van der Waals surface area contributed by atoms with E-state index in [-0.39, 0.29) is 42.1 Å². The molecule has 5 atom stereocenters. The molecule has 1 aliphatic carbocycles. The minimum atomic E-state index is -0.689. The van der Waals surface area contributed by atoms with E-state index in [9.17, 15) is 19.2 Å². The Morgan fingerprint density at radius 2 is 1.60 bits per heavy atom. The molecule has 13 heteroatoms. The average Bonchev–Trinajstić information content (AvgIpc) is 4.08. The van der Waals surface area contributed by atoms with Crippen molar-refractivity contribution in [2.75, 3.05) is 27.3 Å². The Morgan fingerprint density at radius 1 is 0.879 bits per heavy atom. The Kier molecular flexibility index (Phi) is 10.5. The molecule has 3 aromatic carbocycles. The van der Waals surface area contributed by atoms with Gasteiger partial charge in [-0.05, 0) is 96.0 Å². The summed E-state index contributed by atoms with van der Waals surface area (Å²) in [6.07, 6.45) is 5.67. The molecule has 2 aliphatic heterocycles. The van der Waals surface area contributed by atoms with Gasteiger partial charge in [0.1, 0.15) is 23.2 Å². The lowest BCUT2D eigenvalue weighted by Gasteiger charge is -2.40. The zero-order valence-corrected chi connectivity index (χ0v) is 34.1. The van der Waals surface area contributed by atoms with Crippen molar-refractivity contribution in [2.45, 2.75) is 83.8 Å². The first-order chi connectivity index (χ1) is 27.9. The number of rotatable bonds is 11. The molecule has 2 unspecified atom stereocenters. The molecule has 3 aliphatic rings. The fraction of sp³-hybridized carbons (Fsp3) is 0.467. The van der Waals surface area contributed by atoms with Gasteiger partial charge in [0.2, 0.25) is 11.8 Å². The molecule has 3 N–H and O–H groups in total. The van der Waals surface area contributed by atoms with E-state index in [0.29, 0.717) is 19.0 Å². The number of likely N-dealkylation sites (tertiary alicyclic amines) is 2. The zero-order chi connectivity index (χ0) is 40.9. The third-order valence-electron chi connectivity index (χ3n) is 12.8. The number of aromatic nitrogens is 4. The maximum atomic E-state index is 14.1. The molecule has 3 amide bonds. The number of imidazole rings is 2. The van der Waals surface area contributed by atoms with Crippen LogP contribution < -0.4 is 5.32 Å². The van der Waals surface area contributed by atoms with E-state index >= 15 is 0 Å². The molecule has 2 saturated heterocycles. The molecule has 304 valence electrons. The summed E-state index contributed by atoms with van der Waals surface area (Å²) in [6, 6.07) is 18.2. The lowest BCUT2D eigenvalue weighted by molar-refractivity contribution is -0.151. The van der Waals surface area contributed by atoms with Crippen molar-refractivity contribution in [1.82, 2.24) is 35.1 Å². The second-order valence-electron chi connectivity index (χ2n) is 17.0. The molecule has 1 saturated carbocycles. The summed E-state index contributed by atoms with van der Waals surface area (Å²) in [5, 5.41) is 4.89. The molecule has 2 bridgehead atoms. The van der Waals surface area contributed by atoms with Gasteiger partial charge >= 0.3 is 12.1 Å². The van der Waals surface area contributed by atoms with Crippen LogP contribution in [0.3, 0.4) is 0 Å². The van der Waals surface area contributed by atoms with Crippen LogP contribution in [0.5, 0.6) is 0 Å². The maximum absolute atomic E-state index is 14.1. The second kappa shape index (κ2) is 15.6. The lowest BCUT2D eigenvalue weighted by Crippen LogP contribution is -2.51. The number of carbonyl (C=O) groups excluding carboxylic acids is 4. The lowest BCUT2D eigenvalue weighted by atomic mass is 9.87. The van der Waals surface area contributed by atoms with E-state index in [4.69, 9.17) is 19.4 Å². The molecular weight excluding hydrogens is 735 g/mol. The average molecular weight is 788 g/mol. The van der Waals surface area contributed by atoms with Crippen LogP contribution in [0, 0.1) is 23.7 Å². The monoisotopic (exact) mass is 787 g/mol. The molecule has 8 rings (SSSR count). The topological polar surface area (TPSA) is 163 Å². The maximum Gasteiger partial charge on any atom is 0.407 e. The summed E-state index contributed by atoms with van der Waals surface area (Å²) in [5.41, 5.74) is 5.27. The number of alkyl carbamates (subject to hydrolysis) is 1. The zero-order valence-electron chi connectivity index (χ0n) is 34.1. The second-order valence-corrected chi connectivity index (χ2v) is 17.0. The number of hydrogen-bond acceptors (Lipinski definition) is 8. The summed E-state index contributed by atoms with van der Waals surface area (Å²) in [6.45, 7) is 9.07. The SMILES string of the molecule is COC(=O)C[C@H](C(=O)N1CC2CCC1(c1nc3ccc(-c4ccc5cc(-c6cnc([C@@H]7CCCN7C(=O)[C@H](NC(=O)OC)C(C)C)[nH]6)ccc5c4)cc3[nH]1)C2)C(C)C. The van der Waals surface area contributed by atoms with Gasteiger partial charge in [-0.15, -0.1) is 0 Å². The van der Waals surface area contributed by atoms with Crippen molar-refractivity contribution in [3.8, 4) is 22.4 Å². The fourth-order valence-corrected chi connectivity index (χ4v) is 9.52. The van der Waals surface area contributed by atoms with Gasteiger partial charge in [0.05, 0.1) is 55.5 Å². The highest BCUT2D eigenvalue weighted by Crippen LogP contribution is 2.53. The molecule has 58 heavy (non-hydrogen) atoms. The van der Waals surface area contributed by atoms with Crippen LogP contribution in [0.4, 0.5) is 4.79 Å². The van der Waals surface area contributed by atoms with Gasteiger partial charge in [-0.25, -0.2) is 14.8 Å². The largest absolute Gasteiger partial charge is 0.469 e. The van der Waals surface area contributed by atoms with Crippen LogP contribution in [-0.4, -0.2) is 87.0 Å². The Morgan fingerprint density at radius 3 is 2.31 bits per heavy atom. The highest BCUT2D eigenvalue weighted by molar-refractivity contribution is 5.92. The molecule has 2 aromatic heterocycles. The van der Waals surface area contributed by atoms with Crippen molar-refractivity contribution in [3.05, 3.63) is 72.4 Å². The van der Waals surface area contributed by atoms with Gasteiger partial charge in [-0.2, -0.15) is 0 Å². The van der Waals surface area contributed by atoms with Crippen molar-refractivity contribution < 1.29 is 28.7 Å². The normalized spacial score (nSPS) is 21.3. The first kappa shape index (κ1) is 39.1. The highest BCUT2D eigenvalue weighted by atomic mass is 16.5. The van der Waals surface area contributed by atoms with Crippen molar-refractivity contribution in [1.29, 1.82) is 0 Å². The van der Waals surface area contributed by atoms with Crippen LogP contribution in [-0.2, 0) is 29.4 Å². The van der Waals surface area contributed by atoms with Gasteiger partial charge in [-0.3, -0.25) is 14.4 Å². The molecular formula is C45H53N7O6. The predicted molar refractivity (Wildman–Crippen MR) is 220 cm³/mol. The van der Waals surface area contributed by atoms with Crippen LogP contribution in [0.1, 0.15) is 83.9 Å². The summed E-state index contributed by atoms with van der Waals surface area (Å²) in [5.74, 6) is 0.933. The first-order valence-corrected chi connectivity index (χ1v) is 20.5. The Hall–Kier alpha value is -5.72. The number of carbonyl (C=O) groups is 4. The van der Waals surface area contributed by atoms with Gasteiger partial charge in [-0.1, -0.05) is 58.0 Å². The third kappa shape index (κ3) is 7.08.